The molecular weight excluding hydrogens is 1810 g/mol. The molecule has 0 atom stereocenters. The number of hydrogen-bond acceptors (Lipinski definition) is 31. The zero-order chi connectivity index (χ0) is 92.1. The molecule has 7 aromatic heterocycles. The molecule has 129 heavy (non-hydrogen) atoms. The van der Waals surface area contributed by atoms with Crippen molar-refractivity contribution < 1.29 is 89.7 Å². The summed E-state index contributed by atoms with van der Waals surface area (Å²) in [6, 6.07) is 43.7. The Labute approximate surface area is 774 Å². The number of aliphatic carboxylic acids is 1. The van der Waals surface area contributed by atoms with Gasteiger partial charge in [0.1, 0.15) is 48.3 Å². The normalized spacial score (nSPS) is 16.0. The molecule has 4 saturated heterocycles. The number of carbonyl (C=O) groups is 11. The van der Waals surface area contributed by atoms with Gasteiger partial charge in [0, 0.05) is 68.0 Å². The van der Waals surface area contributed by atoms with E-state index in [1.54, 1.807) is 111 Å². The monoisotopic (exact) mass is 1900 g/mol. The van der Waals surface area contributed by atoms with Gasteiger partial charge in [-0.25, -0.2) is 19.9 Å². The van der Waals surface area contributed by atoms with Crippen molar-refractivity contribution >= 4 is 225 Å². The van der Waals surface area contributed by atoms with Crippen molar-refractivity contribution in [2.45, 2.75) is 168 Å². The van der Waals surface area contributed by atoms with E-state index in [0.29, 0.717) is 124 Å². The Hall–Kier alpha value is -11.3. The first kappa shape index (κ1) is 95.3. The Bertz CT molecular complexity index is 6290. The highest BCUT2D eigenvalue weighted by molar-refractivity contribution is 8.19. The number of carbonyl (C=O) groups excluding carboxylic acids is 10. The lowest BCUT2D eigenvalue weighted by Gasteiger charge is -2.20. The lowest BCUT2D eigenvalue weighted by molar-refractivity contribution is -0.155. The Morgan fingerprint density at radius 3 is 1.15 bits per heavy atom. The van der Waals surface area contributed by atoms with Gasteiger partial charge in [-0.2, -0.15) is 0 Å². The third-order valence-corrected chi connectivity index (χ3v) is 25.8. The number of aliphatic imine (C=N–C) groups is 1. The van der Waals surface area contributed by atoms with E-state index in [1.807, 2.05) is 136 Å². The minimum atomic E-state index is -0.971. The van der Waals surface area contributed by atoms with Crippen LogP contribution in [0.4, 0.5) is 24.9 Å². The predicted molar refractivity (Wildman–Crippen MR) is 498 cm³/mol. The molecule has 0 saturated carbocycles. The van der Waals surface area contributed by atoms with E-state index in [0.717, 1.165) is 91.8 Å². The van der Waals surface area contributed by atoms with Crippen LogP contribution in [0.1, 0.15) is 105 Å². The number of nitrogens with two attached hydrogens (primary N) is 1. The molecule has 32 nitrogen and oxygen atoms in total. The predicted octanol–water partition coefficient (Wildman–Crippen LogP) is 18.3. The van der Waals surface area contributed by atoms with Gasteiger partial charge in [0.05, 0.1) is 89.9 Å². The fourth-order valence-corrected chi connectivity index (χ4v) is 20.2. The number of nitrogens with one attached hydrogen (secondary N) is 1. The second-order valence-corrected chi connectivity index (χ2v) is 38.6. The molecule has 12 heterocycles. The minimum absolute atomic E-state index is 0.00994. The van der Waals surface area contributed by atoms with Crippen LogP contribution in [0.15, 0.2) is 224 Å². The van der Waals surface area contributed by atoms with Crippen LogP contribution in [-0.2, 0) is 73.8 Å². The van der Waals surface area contributed by atoms with Gasteiger partial charge in [-0.1, -0.05) is 54.6 Å². The second kappa shape index (κ2) is 43.0. The van der Waals surface area contributed by atoms with Crippen LogP contribution in [0.25, 0.3) is 57.4 Å². The summed E-state index contributed by atoms with van der Waals surface area (Å²) in [5, 5.41) is 15.9. The molecule has 5 aliphatic rings. The van der Waals surface area contributed by atoms with Gasteiger partial charge in [0.15, 0.2) is 35.8 Å². The highest BCUT2D eigenvalue weighted by atomic mass is 32.2. The van der Waals surface area contributed by atoms with Gasteiger partial charge in [0.25, 0.3) is 44.6 Å². The summed E-state index contributed by atoms with van der Waals surface area (Å²) >= 11 is 8.82. The molecule has 0 aliphatic carbocycles. The van der Waals surface area contributed by atoms with Crippen molar-refractivity contribution in [1.82, 2.24) is 53.6 Å². The van der Waals surface area contributed by atoms with Crippen LogP contribution in [0.3, 0.4) is 0 Å². The molecule has 4 aromatic carbocycles. The lowest BCUT2D eigenvalue weighted by atomic mass is 10.2. The second-order valence-electron chi connectivity index (χ2n) is 30.7. The molecule has 11 aromatic rings. The number of benzene rings is 4. The number of para-hydroxylation sites is 7. The van der Waals surface area contributed by atoms with Crippen molar-refractivity contribution in [3.8, 4) is 0 Å². The number of esters is 1. The number of furan rings is 4. The first-order valence-corrected chi connectivity index (χ1v) is 47.0. The maximum absolute atomic E-state index is 12.7. The van der Waals surface area contributed by atoms with E-state index >= 15 is 0 Å². The van der Waals surface area contributed by atoms with E-state index in [-0.39, 0.29) is 100 Å². The smallest absolute Gasteiger partial charge is 0.326 e. The Morgan fingerprint density at radius 2 is 0.798 bits per heavy atom. The Balaban J connectivity index is 0.000000148. The van der Waals surface area contributed by atoms with Gasteiger partial charge in [-0.3, -0.25) is 72.3 Å². The number of thioether (sulfide) groups is 5. The van der Waals surface area contributed by atoms with Gasteiger partial charge in [-0.05, 0) is 267 Å². The highest BCUT2D eigenvalue weighted by Gasteiger charge is 2.41. The SMILES string of the molecule is CC(C)N1C(=O)S/C(=C\c2ccc(SC3=Nc4ccccc4C3)o2)C1=O.CC(C)N1C(=O)S/C(=C\c2ccc(Sc3nc4ccccc4n3CC(=O)NCCOCCOCCN)o2)C1=O.CC(C)N1C(=O)S/C(=C\c2ccc(Sc3nc4ccccc4n3CC(=O)O)o2)C1=O.CC(C)N1C(=O)S/C(=C\c2ccc(Sc3nc4ccccc4n3CC(=O)OC(C)(C)C)o2)C1=O. The van der Waals surface area contributed by atoms with Crippen molar-refractivity contribution in [1.29, 1.82) is 0 Å². The van der Waals surface area contributed by atoms with Crippen LogP contribution in [-0.4, -0.2) is 190 Å². The number of fused-ring (bicyclic) bond motifs is 4. The third kappa shape index (κ3) is 24.2. The fraction of sp³-hybridized carbons (Fsp3) is 0.292. The number of rotatable bonds is 29. The van der Waals surface area contributed by atoms with Crippen LogP contribution >= 0.6 is 94.1 Å². The molecule has 5 aliphatic heterocycles. The van der Waals surface area contributed by atoms with E-state index in [1.165, 1.54) is 78.3 Å². The quantitative estimate of drug-likeness (QED) is 0.0223. The number of hydrogen-bond donors (Lipinski definition) is 3. The van der Waals surface area contributed by atoms with Crippen molar-refractivity contribution in [3.63, 3.8) is 0 Å². The molecule has 0 unspecified atom stereocenters. The van der Waals surface area contributed by atoms with Crippen LogP contribution < -0.4 is 11.1 Å². The molecule has 16 rings (SSSR count). The molecule has 0 radical (unpaired) electrons. The molecule has 672 valence electrons. The summed E-state index contributed by atoms with van der Waals surface area (Å²) in [6.07, 6.45) is 7.10. The minimum Gasteiger partial charge on any atom is -0.480 e. The van der Waals surface area contributed by atoms with Crippen molar-refractivity contribution in [2.24, 2.45) is 10.7 Å². The summed E-state index contributed by atoms with van der Waals surface area (Å²) in [5.74, 6) is -0.898. The van der Waals surface area contributed by atoms with Gasteiger partial charge >= 0.3 is 11.9 Å². The van der Waals surface area contributed by atoms with Gasteiger partial charge < -0.3 is 61.7 Å². The zero-order valence-corrected chi connectivity index (χ0v) is 78.1. The molecule has 4 fully saturated rings. The number of ether oxygens (including phenoxy) is 3. The van der Waals surface area contributed by atoms with Crippen LogP contribution in [0.5, 0.6) is 0 Å². The number of amides is 9. The molecule has 0 spiro atoms. The maximum Gasteiger partial charge on any atom is 0.326 e. The van der Waals surface area contributed by atoms with E-state index in [9.17, 15) is 57.8 Å². The fourth-order valence-electron chi connectivity index (χ4n) is 13.0. The standard InChI is InChI=1S/C26H31N5O6S2.C24H25N3O5S2.C20H17N3O5S2.C19H16N2O3S2/c1-17(2)31-24(33)21(38-26(31)34)15-18-7-8-23(37-18)39-25-29-19-5-3-4-6-20(19)30(25)16-22(32)28-10-12-36-14-13-35-11-9-27;1-14(2)27-21(29)18(33-23(27)30)12-15-10-11-20(31-15)34-22-25-16-8-6-7-9-17(16)26(22)13-19(28)32-24(3,4)5;1-11(2)23-18(26)15(29-20(23)27)9-12-7-8-17(28-12)30-19-21-13-5-3-4-6-14(13)22(19)10-16(24)25;1-11(2)21-18(22)15(25-19(21)23)10-13-7-8-17(24-13)26-16-9-12-5-3-4-6-14(12)20-16/h3-8,15,17H,9-14,16,27H2,1-2H3,(H,28,32);6-12,14H,13H2,1-5H3;3-9,11H,10H2,1-2H3,(H,24,25);3-8,10-11H,9H2,1-2H3/b21-15-;18-12-;15-9-;15-10-. The van der Waals surface area contributed by atoms with Crippen molar-refractivity contribution in [2.75, 3.05) is 39.5 Å². The number of aromatic nitrogens is 6. The topological polar surface area (TPSA) is 405 Å². The third-order valence-electron chi connectivity index (χ3n) is 18.6. The lowest BCUT2D eigenvalue weighted by Crippen LogP contribution is -2.34. The molecular formula is C89H89N13O19S8. The summed E-state index contributed by atoms with van der Waals surface area (Å²) in [5.41, 5.74) is 11.5. The number of imidazole rings is 3. The summed E-state index contributed by atoms with van der Waals surface area (Å²) < 4.78 is 44.8. The first-order chi connectivity index (χ1) is 61.7. The summed E-state index contributed by atoms with van der Waals surface area (Å²) in [6.45, 7) is 22.3. The molecule has 9 amide bonds. The number of nitrogens with zero attached hydrogens (tertiary/aromatic N) is 11. The Morgan fingerprint density at radius 1 is 0.457 bits per heavy atom. The van der Waals surface area contributed by atoms with E-state index < -0.39 is 11.6 Å². The van der Waals surface area contributed by atoms with E-state index in [2.05, 4.69) is 31.3 Å². The molecule has 0 bridgehead atoms. The van der Waals surface area contributed by atoms with E-state index in [4.69, 9.17) is 37.6 Å². The largest absolute Gasteiger partial charge is 0.480 e. The highest BCUT2D eigenvalue weighted by Crippen LogP contribution is 2.43. The number of imide groups is 4. The van der Waals surface area contributed by atoms with Gasteiger partial charge in [0.2, 0.25) is 5.91 Å². The average molecular weight is 1900 g/mol. The summed E-state index contributed by atoms with van der Waals surface area (Å²) in [7, 11) is 0. The number of carboxylic acids is 1. The van der Waals surface area contributed by atoms with Gasteiger partial charge in [-0.15, -0.1) is 0 Å². The molecule has 4 N–H and O–H groups in total. The first-order valence-electron chi connectivity index (χ1n) is 40.5. The molecule has 40 heteroatoms. The van der Waals surface area contributed by atoms with Crippen molar-refractivity contribution in [3.05, 3.63) is 194 Å². The average Bonchev–Trinajstić information content (AvgIpc) is 1.65. The zero-order valence-electron chi connectivity index (χ0n) is 71.6. The summed E-state index contributed by atoms with van der Waals surface area (Å²) in [4.78, 5) is 159. The van der Waals surface area contributed by atoms with Crippen LogP contribution in [0, 0.1) is 0 Å². The van der Waals surface area contributed by atoms with Crippen LogP contribution in [0.2, 0.25) is 0 Å². The maximum atomic E-state index is 12.7. The number of carboxylic acid groups (broad SMARTS) is 1. The Kier molecular flexibility index (Phi) is 31.7.